The summed E-state index contributed by atoms with van der Waals surface area (Å²) in [5.74, 6) is -4.26. The monoisotopic (exact) mass is 579 g/mol. The molecule has 0 aliphatic carbocycles. The molecule has 0 heterocycles. The van der Waals surface area contributed by atoms with Gasteiger partial charge in [-0.05, 0) is 48.8 Å². The third kappa shape index (κ3) is 11.0. The maximum Gasteiger partial charge on any atom is 0.508 e. The fraction of sp³-hybridized carbons (Fsp3) is 0.677. The second-order valence-corrected chi connectivity index (χ2v) is 12.0. The normalized spacial score (nSPS) is 16.0. The molecule has 232 valence electrons. The van der Waals surface area contributed by atoms with Gasteiger partial charge < -0.3 is 29.8 Å². The molecule has 0 radical (unpaired) electrons. The lowest BCUT2D eigenvalue weighted by atomic mass is 9.79. The standard InChI is InChI=1S/C31H49NO9/c1-16(2)13-14-38-31(37)39-22(10)21(9)26(27(32)28(33)34)23-11-12-24(40-29(35)19(7)17(3)4)25(15-23)41-30(36)20(8)18(5)6/h11-12,15-22,26-27H,13-14,32H2,1-10H3,(H,33,34)/t19?,20?,21?,22?,26?,27-/m0/s1. The molecule has 0 aromatic heterocycles. The molecule has 1 aromatic carbocycles. The molecule has 3 N–H and O–H groups in total. The molecule has 0 fully saturated rings. The second kappa shape index (κ2) is 16.3. The number of carbonyl (C=O) groups excluding carboxylic acids is 3. The molecule has 0 amide bonds. The average molecular weight is 580 g/mol. The van der Waals surface area contributed by atoms with Crippen LogP contribution in [0.3, 0.4) is 0 Å². The van der Waals surface area contributed by atoms with Gasteiger partial charge in [-0.3, -0.25) is 14.4 Å². The summed E-state index contributed by atoms with van der Waals surface area (Å²) in [4.78, 5) is 49.9. The van der Waals surface area contributed by atoms with E-state index in [1.54, 1.807) is 33.8 Å². The van der Waals surface area contributed by atoms with E-state index in [0.717, 1.165) is 0 Å². The van der Waals surface area contributed by atoms with Crippen LogP contribution < -0.4 is 15.2 Å². The van der Waals surface area contributed by atoms with Crippen molar-refractivity contribution in [2.24, 2.45) is 41.2 Å². The molecule has 10 nitrogen and oxygen atoms in total. The highest BCUT2D eigenvalue weighted by Crippen LogP contribution is 2.38. The van der Waals surface area contributed by atoms with Gasteiger partial charge in [0.05, 0.1) is 18.4 Å². The minimum absolute atomic E-state index is 0.0101. The van der Waals surface area contributed by atoms with Crippen LogP contribution in [-0.2, 0) is 23.9 Å². The maximum absolute atomic E-state index is 12.9. The lowest BCUT2D eigenvalue weighted by Crippen LogP contribution is -2.42. The number of hydrogen-bond acceptors (Lipinski definition) is 9. The van der Waals surface area contributed by atoms with Crippen LogP contribution in [-0.4, -0.2) is 47.9 Å². The van der Waals surface area contributed by atoms with Gasteiger partial charge in [0.25, 0.3) is 0 Å². The van der Waals surface area contributed by atoms with Crippen LogP contribution in [0.1, 0.15) is 87.1 Å². The topological polar surface area (TPSA) is 151 Å². The molecule has 0 saturated heterocycles. The maximum atomic E-state index is 12.9. The Morgan fingerprint density at radius 1 is 0.805 bits per heavy atom. The number of aliphatic carboxylic acids is 1. The van der Waals surface area contributed by atoms with E-state index in [-0.39, 0.29) is 29.9 Å². The van der Waals surface area contributed by atoms with E-state index < -0.39 is 59.9 Å². The van der Waals surface area contributed by atoms with Crippen molar-refractivity contribution in [3.8, 4) is 11.5 Å². The molecule has 10 heteroatoms. The molecule has 6 atom stereocenters. The summed E-state index contributed by atoms with van der Waals surface area (Å²) in [7, 11) is 0. The third-order valence-corrected chi connectivity index (χ3v) is 7.69. The zero-order chi connectivity index (χ0) is 31.6. The van der Waals surface area contributed by atoms with E-state index in [9.17, 15) is 24.3 Å². The smallest absolute Gasteiger partial charge is 0.480 e. The first kappa shape index (κ1) is 35.9. The van der Waals surface area contributed by atoms with Crippen LogP contribution >= 0.6 is 0 Å². The Bertz CT molecular complexity index is 1040. The average Bonchev–Trinajstić information content (AvgIpc) is 2.88. The van der Waals surface area contributed by atoms with Gasteiger partial charge in [0, 0.05) is 11.8 Å². The summed E-state index contributed by atoms with van der Waals surface area (Å²) in [6, 6.07) is 3.11. The van der Waals surface area contributed by atoms with Crippen molar-refractivity contribution in [1.82, 2.24) is 0 Å². The Labute approximate surface area is 244 Å². The number of rotatable bonds is 15. The van der Waals surface area contributed by atoms with E-state index >= 15 is 0 Å². The summed E-state index contributed by atoms with van der Waals surface area (Å²) in [5.41, 5.74) is 6.55. The molecular weight excluding hydrogens is 530 g/mol. The molecule has 1 aromatic rings. The molecule has 0 bridgehead atoms. The molecule has 0 spiro atoms. The predicted molar refractivity (Wildman–Crippen MR) is 155 cm³/mol. The number of esters is 2. The Balaban J connectivity index is 3.45. The van der Waals surface area contributed by atoms with Gasteiger partial charge in [-0.1, -0.05) is 68.4 Å². The number of hydrogen-bond donors (Lipinski definition) is 2. The number of nitrogens with two attached hydrogens (primary N) is 1. The molecule has 41 heavy (non-hydrogen) atoms. The fourth-order valence-electron chi connectivity index (χ4n) is 3.80. The number of benzene rings is 1. The lowest BCUT2D eigenvalue weighted by molar-refractivity contribution is -0.142. The van der Waals surface area contributed by atoms with E-state index in [1.165, 1.54) is 12.1 Å². The summed E-state index contributed by atoms with van der Waals surface area (Å²) >= 11 is 0. The van der Waals surface area contributed by atoms with Crippen molar-refractivity contribution in [2.45, 2.75) is 93.7 Å². The van der Waals surface area contributed by atoms with Crippen molar-refractivity contribution in [3.05, 3.63) is 23.8 Å². The first-order valence-electron chi connectivity index (χ1n) is 14.4. The van der Waals surface area contributed by atoms with Gasteiger partial charge in [-0.2, -0.15) is 0 Å². The Morgan fingerprint density at radius 3 is 1.78 bits per heavy atom. The molecule has 0 aliphatic rings. The van der Waals surface area contributed by atoms with E-state index in [4.69, 9.17) is 24.7 Å². The molecule has 0 saturated carbocycles. The number of carboxylic acid groups (broad SMARTS) is 1. The van der Waals surface area contributed by atoms with Crippen LogP contribution in [0, 0.1) is 35.5 Å². The van der Waals surface area contributed by atoms with E-state index in [0.29, 0.717) is 17.9 Å². The summed E-state index contributed by atoms with van der Waals surface area (Å²) in [5, 5.41) is 9.82. The highest BCUT2D eigenvalue weighted by molar-refractivity contribution is 5.79. The van der Waals surface area contributed by atoms with E-state index in [2.05, 4.69) is 0 Å². The van der Waals surface area contributed by atoms with Crippen molar-refractivity contribution in [2.75, 3.05) is 6.61 Å². The van der Waals surface area contributed by atoms with Crippen LogP contribution in [0.25, 0.3) is 0 Å². The number of carbonyl (C=O) groups is 4. The quantitative estimate of drug-likeness (QED) is 0.193. The summed E-state index contributed by atoms with van der Waals surface area (Å²) in [6.45, 7) is 18.6. The molecule has 1 rings (SSSR count). The zero-order valence-corrected chi connectivity index (χ0v) is 26.1. The van der Waals surface area contributed by atoms with Crippen molar-refractivity contribution >= 4 is 24.1 Å². The van der Waals surface area contributed by atoms with Gasteiger partial charge in [-0.25, -0.2) is 4.79 Å². The van der Waals surface area contributed by atoms with Gasteiger partial charge in [0.2, 0.25) is 0 Å². The number of carboxylic acids is 1. The first-order chi connectivity index (χ1) is 19.0. The minimum atomic E-state index is -1.39. The Morgan fingerprint density at radius 2 is 1.32 bits per heavy atom. The van der Waals surface area contributed by atoms with Crippen LogP contribution in [0.15, 0.2) is 18.2 Å². The van der Waals surface area contributed by atoms with Crippen molar-refractivity contribution in [1.29, 1.82) is 0 Å². The second-order valence-electron chi connectivity index (χ2n) is 12.0. The Kier molecular flexibility index (Phi) is 14.3. The van der Waals surface area contributed by atoms with Gasteiger partial charge >= 0.3 is 24.1 Å². The van der Waals surface area contributed by atoms with Gasteiger partial charge in [-0.15, -0.1) is 0 Å². The highest BCUT2D eigenvalue weighted by Gasteiger charge is 2.36. The largest absolute Gasteiger partial charge is 0.508 e. The fourth-order valence-corrected chi connectivity index (χ4v) is 3.80. The molecule has 0 aliphatic heterocycles. The minimum Gasteiger partial charge on any atom is -0.480 e. The zero-order valence-electron chi connectivity index (χ0n) is 26.1. The van der Waals surface area contributed by atoms with Crippen molar-refractivity contribution < 1.29 is 43.2 Å². The van der Waals surface area contributed by atoms with Gasteiger partial charge in [0.1, 0.15) is 12.1 Å². The predicted octanol–water partition coefficient (Wildman–Crippen LogP) is 5.80. The third-order valence-electron chi connectivity index (χ3n) is 7.69. The molecule has 5 unspecified atom stereocenters. The highest BCUT2D eigenvalue weighted by atomic mass is 16.7. The van der Waals surface area contributed by atoms with Gasteiger partial charge in [0.15, 0.2) is 11.5 Å². The number of ether oxygens (including phenoxy) is 4. The van der Waals surface area contributed by atoms with Crippen molar-refractivity contribution in [3.63, 3.8) is 0 Å². The summed E-state index contributed by atoms with van der Waals surface area (Å²) < 4.78 is 21.9. The SMILES string of the molecule is CC(C)CCOC(=O)OC(C)C(C)C(c1ccc(OC(=O)C(C)C(C)C)c(OC(=O)C(C)C(C)C)c1)[C@H](N)C(=O)O. The van der Waals surface area contributed by atoms with Crippen LogP contribution in [0.5, 0.6) is 11.5 Å². The first-order valence-corrected chi connectivity index (χ1v) is 14.4. The van der Waals surface area contributed by atoms with Crippen LogP contribution in [0.4, 0.5) is 4.79 Å². The van der Waals surface area contributed by atoms with E-state index in [1.807, 2.05) is 41.5 Å². The Hall–Kier alpha value is -3.14. The lowest BCUT2D eigenvalue weighted by Gasteiger charge is -2.31. The summed E-state index contributed by atoms with van der Waals surface area (Å²) in [6.07, 6.45) is -0.949. The van der Waals surface area contributed by atoms with Crippen LogP contribution in [0.2, 0.25) is 0 Å². The molecular formula is C31H49NO9.